The minimum absolute atomic E-state index is 0.0146. The van der Waals surface area contributed by atoms with Crippen molar-refractivity contribution >= 4 is 16.9 Å². The number of carbonyl (C=O) groups is 1. The zero-order valence-corrected chi connectivity index (χ0v) is 15.9. The average Bonchev–Trinajstić information content (AvgIpc) is 3.44. The lowest BCUT2D eigenvalue weighted by Gasteiger charge is -2.29. The molecule has 0 radical (unpaired) electrons. The van der Waals surface area contributed by atoms with Crippen LogP contribution in [-0.4, -0.2) is 36.5 Å². The van der Waals surface area contributed by atoms with E-state index in [2.05, 4.69) is 20.6 Å². The van der Waals surface area contributed by atoms with E-state index in [-0.39, 0.29) is 18.1 Å². The van der Waals surface area contributed by atoms with E-state index >= 15 is 0 Å². The van der Waals surface area contributed by atoms with Gasteiger partial charge in [0.2, 0.25) is 0 Å². The van der Waals surface area contributed by atoms with E-state index in [0.29, 0.717) is 28.0 Å². The first-order chi connectivity index (χ1) is 14.6. The van der Waals surface area contributed by atoms with E-state index in [1.54, 1.807) is 24.0 Å². The molecule has 2 aromatic carbocycles. The summed E-state index contributed by atoms with van der Waals surface area (Å²) in [5, 5.41) is 35.1. The number of hydrogen-bond acceptors (Lipinski definition) is 7. The Bertz CT molecular complexity index is 1320. The van der Waals surface area contributed by atoms with Crippen molar-refractivity contribution in [2.75, 3.05) is 0 Å². The Morgan fingerprint density at radius 3 is 2.90 bits per heavy atom. The Hall–Kier alpha value is -4.03. The lowest BCUT2D eigenvalue weighted by Crippen LogP contribution is -2.31. The van der Waals surface area contributed by atoms with E-state index in [9.17, 15) is 15.2 Å². The van der Waals surface area contributed by atoms with Crippen LogP contribution >= 0.6 is 0 Å². The molecule has 9 nitrogen and oxygen atoms in total. The van der Waals surface area contributed by atoms with Crippen LogP contribution in [-0.2, 0) is 6.54 Å². The number of aromatic nitrogens is 4. The van der Waals surface area contributed by atoms with Gasteiger partial charge in [0, 0.05) is 12.1 Å². The predicted octanol–water partition coefficient (Wildman–Crippen LogP) is 2.56. The van der Waals surface area contributed by atoms with Crippen LogP contribution < -0.4 is 0 Å². The fourth-order valence-corrected chi connectivity index (χ4v) is 4.06. The number of nitrogens with zero attached hydrogens (tertiary/aromatic N) is 5. The number of aliphatic hydroxyl groups is 1. The maximum Gasteiger partial charge on any atom is 0.255 e. The highest BCUT2D eigenvalue weighted by atomic mass is 16.5. The first-order valence-corrected chi connectivity index (χ1v) is 9.32. The Morgan fingerprint density at radius 2 is 2.07 bits per heavy atom. The number of aryl methyl sites for hydroxylation is 1. The van der Waals surface area contributed by atoms with Gasteiger partial charge in [-0.05, 0) is 36.2 Å². The first kappa shape index (κ1) is 18.0. The second-order valence-corrected chi connectivity index (χ2v) is 7.17. The van der Waals surface area contributed by atoms with Gasteiger partial charge in [0.25, 0.3) is 5.91 Å². The Balaban J connectivity index is 1.58. The largest absolute Gasteiger partial charge is 0.386 e. The van der Waals surface area contributed by atoms with Gasteiger partial charge in [-0.15, -0.1) is 0 Å². The van der Waals surface area contributed by atoms with Crippen molar-refractivity contribution in [1.29, 1.82) is 5.26 Å². The second kappa shape index (κ2) is 6.79. The molecule has 0 saturated heterocycles. The zero-order chi connectivity index (χ0) is 20.8. The fraction of sp³-hybridized carbons (Fsp3) is 0.190. The number of aliphatic hydroxyl groups excluding tert-OH is 1. The topological polar surface area (TPSA) is 132 Å². The Kier molecular flexibility index (Phi) is 4.08. The van der Waals surface area contributed by atoms with Crippen molar-refractivity contribution < 1.29 is 14.4 Å². The molecule has 2 unspecified atom stereocenters. The fourth-order valence-electron chi connectivity index (χ4n) is 4.06. The van der Waals surface area contributed by atoms with Gasteiger partial charge in [-0.3, -0.25) is 4.79 Å². The minimum Gasteiger partial charge on any atom is -0.386 e. The van der Waals surface area contributed by atoms with E-state index in [0.717, 1.165) is 11.1 Å². The SMILES string of the molecule is Cc1onc(C#N)c1C(O)C1c2ccccc2C(=O)N1Cc1ccc2n[nH]nc2c1. The number of fused-ring (bicyclic) bond motifs is 2. The summed E-state index contributed by atoms with van der Waals surface area (Å²) < 4.78 is 5.12. The average molecular weight is 400 g/mol. The summed E-state index contributed by atoms with van der Waals surface area (Å²) >= 11 is 0. The summed E-state index contributed by atoms with van der Waals surface area (Å²) in [5.41, 5.74) is 3.79. The Morgan fingerprint density at radius 1 is 1.27 bits per heavy atom. The highest BCUT2D eigenvalue weighted by Crippen LogP contribution is 2.44. The lowest BCUT2D eigenvalue weighted by molar-refractivity contribution is 0.0394. The maximum absolute atomic E-state index is 13.2. The van der Waals surface area contributed by atoms with Gasteiger partial charge >= 0.3 is 0 Å². The number of carbonyl (C=O) groups excluding carboxylic acids is 1. The van der Waals surface area contributed by atoms with Crippen molar-refractivity contribution in [2.45, 2.75) is 25.6 Å². The normalized spacial score (nSPS) is 16.6. The van der Waals surface area contributed by atoms with E-state index in [4.69, 9.17) is 4.52 Å². The van der Waals surface area contributed by atoms with Gasteiger partial charge in [-0.25, -0.2) is 0 Å². The van der Waals surface area contributed by atoms with E-state index in [1.807, 2.05) is 36.4 Å². The van der Waals surface area contributed by atoms with Gasteiger partial charge in [0.05, 0.1) is 11.6 Å². The van der Waals surface area contributed by atoms with Crippen LogP contribution in [0.2, 0.25) is 0 Å². The molecule has 0 saturated carbocycles. The van der Waals surface area contributed by atoms with Gasteiger partial charge in [-0.2, -0.15) is 20.7 Å². The van der Waals surface area contributed by atoms with Crippen molar-refractivity contribution in [3.8, 4) is 6.07 Å². The number of rotatable bonds is 4. The standard InChI is InChI=1S/C21H16N6O3/c1-11-18(17(9-22)25-30-11)20(28)19-13-4-2-3-5-14(13)21(29)27(19)10-12-6-7-15-16(8-12)24-26-23-15/h2-8,19-20,28H,10H2,1H3,(H,23,24,26). The summed E-state index contributed by atoms with van der Waals surface area (Å²) in [7, 11) is 0. The monoisotopic (exact) mass is 400 g/mol. The molecule has 1 aliphatic heterocycles. The molecule has 4 aromatic rings. The van der Waals surface area contributed by atoms with Crippen LogP contribution in [0.5, 0.6) is 0 Å². The lowest BCUT2D eigenvalue weighted by atomic mass is 9.94. The molecule has 1 aliphatic rings. The molecule has 0 spiro atoms. The third-order valence-electron chi connectivity index (χ3n) is 5.45. The molecule has 0 aliphatic carbocycles. The van der Waals surface area contributed by atoms with Crippen molar-refractivity contribution in [1.82, 2.24) is 25.5 Å². The number of nitrogens with one attached hydrogen (secondary N) is 1. The molecule has 2 atom stereocenters. The van der Waals surface area contributed by atoms with Crippen LogP contribution in [0, 0.1) is 18.3 Å². The van der Waals surface area contributed by atoms with Gasteiger partial charge < -0.3 is 14.5 Å². The number of benzene rings is 2. The van der Waals surface area contributed by atoms with Gasteiger partial charge in [0.15, 0.2) is 5.69 Å². The summed E-state index contributed by atoms with van der Waals surface area (Å²) in [6.07, 6.45) is -1.17. The third kappa shape index (κ3) is 2.66. The van der Waals surface area contributed by atoms with Crippen molar-refractivity contribution in [2.24, 2.45) is 0 Å². The molecule has 2 aromatic heterocycles. The summed E-state index contributed by atoms with van der Waals surface area (Å²) in [5.74, 6) is 0.155. The van der Waals surface area contributed by atoms with Crippen LogP contribution in [0.4, 0.5) is 0 Å². The first-order valence-electron chi connectivity index (χ1n) is 9.32. The van der Waals surface area contributed by atoms with Crippen LogP contribution in [0.1, 0.15) is 50.6 Å². The molecule has 5 rings (SSSR count). The van der Waals surface area contributed by atoms with Crippen LogP contribution in [0.15, 0.2) is 47.0 Å². The quantitative estimate of drug-likeness (QED) is 0.538. The number of amides is 1. The summed E-state index contributed by atoms with van der Waals surface area (Å²) in [6.45, 7) is 1.89. The van der Waals surface area contributed by atoms with Crippen molar-refractivity contribution in [3.05, 3.63) is 76.2 Å². The smallest absolute Gasteiger partial charge is 0.255 e. The number of aromatic amines is 1. The van der Waals surface area contributed by atoms with Crippen LogP contribution in [0.25, 0.3) is 11.0 Å². The zero-order valence-electron chi connectivity index (χ0n) is 15.9. The van der Waals surface area contributed by atoms with E-state index < -0.39 is 12.1 Å². The highest BCUT2D eigenvalue weighted by molar-refractivity contribution is 5.99. The maximum atomic E-state index is 13.2. The number of hydrogen-bond donors (Lipinski definition) is 2. The third-order valence-corrected chi connectivity index (χ3v) is 5.45. The van der Waals surface area contributed by atoms with Gasteiger partial charge in [-0.1, -0.05) is 29.4 Å². The van der Waals surface area contributed by atoms with Crippen LogP contribution in [0.3, 0.4) is 0 Å². The minimum atomic E-state index is -1.17. The molecule has 1 amide bonds. The molecular formula is C21H16N6O3. The summed E-state index contributed by atoms with van der Waals surface area (Å²) in [6, 6.07) is 14.0. The highest BCUT2D eigenvalue weighted by Gasteiger charge is 2.43. The predicted molar refractivity (Wildman–Crippen MR) is 104 cm³/mol. The Labute approximate surface area is 170 Å². The van der Waals surface area contributed by atoms with Gasteiger partial charge in [0.1, 0.15) is 29.0 Å². The van der Waals surface area contributed by atoms with Crippen molar-refractivity contribution in [3.63, 3.8) is 0 Å². The number of nitriles is 1. The molecule has 30 heavy (non-hydrogen) atoms. The molecule has 0 fully saturated rings. The van der Waals surface area contributed by atoms with E-state index in [1.165, 1.54) is 0 Å². The molecule has 3 heterocycles. The molecule has 9 heteroatoms. The number of H-pyrrole nitrogens is 1. The molecule has 148 valence electrons. The molecule has 0 bridgehead atoms. The molecular weight excluding hydrogens is 384 g/mol. The summed E-state index contributed by atoms with van der Waals surface area (Å²) in [4.78, 5) is 14.8. The molecule has 2 N–H and O–H groups in total. The second-order valence-electron chi connectivity index (χ2n) is 7.17.